The molecule has 0 radical (unpaired) electrons. The Balaban J connectivity index is 0.932. The molecule has 0 aromatic heterocycles. The van der Waals surface area contributed by atoms with Gasteiger partial charge in [0.25, 0.3) is 0 Å². The molecule has 11 heterocycles. The first kappa shape index (κ1) is 44.3. The molecule has 11 aliphatic rings. The Labute approximate surface area is 369 Å². The molecule has 346 valence electrons. The van der Waals surface area contributed by atoms with Crippen molar-refractivity contribution >= 4 is 20.6 Å². The van der Waals surface area contributed by atoms with E-state index in [9.17, 15) is 9.59 Å². The minimum Gasteiger partial charge on any atom is -0.459 e. The van der Waals surface area contributed by atoms with Gasteiger partial charge in [-0.1, -0.05) is 47.8 Å². The van der Waals surface area contributed by atoms with Gasteiger partial charge >= 0.3 is 5.97 Å². The highest BCUT2D eigenvalue weighted by Crippen LogP contribution is 2.55. The summed E-state index contributed by atoms with van der Waals surface area (Å²) in [6.45, 7) is 24.5. The van der Waals surface area contributed by atoms with Crippen LogP contribution in [0, 0.1) is 11.8 Å². The first-order chi connectivity index (χ1) is 29.5. The maximum Gasteiger partial charge on any atom is 0.308 e. The van der Waals surface area contributed by atoms with E-state index in [0.29, 0.717) is 32.1 Å². The maximum absolute atomic E-state index is 14.3. The molecule has 12 bridgehead atoms. The van der Waals surface area contributed by atoms with Crippen LogP contribution in [0.1, 0.15) is 118 Å². The largest absolute Gasteiger partial charge is 0.459 e. The van der Waals surface area contributed by atoms with Gasteiger partial charge in [-0.15, -0.1) is 0 Å². The smallest absolute Gasteiger partial charge is 0.308 e. The highest BCUT2D eigenvalue weighted by molar-refractivity contribution is 6.74. The zero-order valence-corrected chi connectivity index (χ0v) is 39.0. The van der Waals surface area contributed by atoms with Crippen LogP contribution in [0.2, 0.25) is 18.1 Å². The van der Waals surface area contributed by atoms with Crippen molar-refractivity contribution < 1.29 is 61.4 Å². The van der Waals surface area contributed by atoms with Crippen molar-refractivity contribution in [2.75, 3.05) is 0 Å². The lowest BCUT2D eigenvalue weighted by Gasteiger charge is -2.53. The minimum atomic E-state index is -2.23. The number of esters is 1. The Hall–Kier alpha value is -1.56. The fourth-order valence-corrected chi connectivity index (χ4v) is 13.8. The van der Waals surface area contributed by atoms with Crippen LogP contribution in [-0.2, 0) is 61.4 Å². The molecule has 21 atom stereocenters. The van der Waals surface area contributed by atoms with Crippen molar-refractivity contribution in [1.82, 2.24) is 0 Å². The Morgan fingerprint density at radius 3 is 2.21 bits per heavy atom. The molecular formula is C48H72O13Si. The predicted molar refractivity (Wildman–Crippen MR) is 228 cm³/mol. The third-order valence-corrected chi connectivity index (χ3v) is 21.5. The summed E-state index contributed by atoms with van der Waals surface area (Å²) in [6, 6.07) is 0. The van der Waals surface area contributed by atoms with Crippen molar-refractivity contribution in [2.24, 2.45) is 11.8 Å². The summed E-state index contributed by atoms with van der Waals surface area (Å²) in [5.41, 5.74) is 2.17. The van der Waals surface area contributed by atoms with Gasteiger partial charge in [0.1, 0.15) is 42.9 Å². The molecule has 11 aliphatic heterocycles. The molecule has 0 N–H and O–H groups in total. The van der Waals surface area contributed by atoms with Gasteiger partial charge in [-0.05, 0) is 80.1 Å². The number of rotatable bonds is 4. The molecule has 1 spiro atoms. The number of fused-ring (bicyclic) bond motifs is 7. The number of carbonyl (C=O) groups is 2. The van der Waals surface area contributed by atoms with E-state index in [1.165, 1.54) is 0 Å². The van der Waals surface area contributed by atoms with E-state index in [2.05, 4.69) is 60.9 Å². The molecule has 13 nitrogen and oxygen atoms in total. The van der Waals surface area contributed by atoms with Gasteiger partial charge in [-0.2, -0.15) is 0 Å². The van der Waals surface area contributed by atoms with E-state index in [0.717, 1.165) is 56.0 Å². The molecule has 0 aromatic rings. The molecule has 62 heavy (non-hydrogen) atoms. The van der Waals surface area contributed by atoms with E-state index in [1.54, 1.807) is 0 Å². The summed E-state index contributed by atoms with van der Waals surface area (Å²) in [5, 5.41) is -0.0271. The number of hydrogen-bond acceptors (Lipinski definition) is 13. The van der Waals surface area contributed by atoms with Crippen molar-refractivity contribution in [1.29, 1.82) is 0 Å². The third-order valence-electron chi connectivity index (χ3n) is 17.0. The lowest BCUT2D eigenvalue weighted by molar-refractivity contribution is -0.293. The van der Waals surface area contributed by atoms with Crippen LogP contribution >= 0.6 is 0 Å². The average molecular weight is 885 g/mol. The molecular weight excluding hydrogens is 813 g/mol. The lowest BCUT2D eigenvalue weighted by atomic mass is 9.79. The van der Waals surface area contributed by atoms with Gasteiger partial charge in [-0.25, -0.2) is 0 Å². The first-order valence-electron chi connectivity index (χ1n) is 24.1. The van der Waals surface area contributed by atoms with Crippen molar-refractivity contribution in [3.8, 4) is 0 Å². The molecule has 11 fully saturated rings. The summed E-state index contributed by atoms with van der Waals surface area (Å²) in [7, 11) is -2.23. The van der Waals surface area contributed by atoms with Crippen LogP contribution in [0.3, 0.4) is 0 Å². The normalized spacial score (nSPS) is 50.6. The fraction of sp³-hybridized carbons (Fsp3) is 0.875. The monoisotopic (exact) mass is 884 g/mol. The molecule has 0 aromatic carbocycles. The quantitative estimate of drug-likeness (QED) is 0.127. The highest BCUT2D eigenvalue weighted by Gasteiger charge is 2.69. The topological polar surface area (TPSA) is 136 Å². The van der Waals surface area contributed by atoms with E-state index < -0.39 is 50.7 Å². The zero-order chi connectivity index (χ0) is 43.5. The molecule has 11 rings (SSSR count). The summed E-state index contributed by atoms with van der Waals surface area (Å²) in [5.74, 6) is -1.16. The van der Waals surface area contributed by atoms with Crippen molar-refractivity contribution in [2.45, 2.75) is 252 Å². The predicted octanol–water partition coefficient (Wildman–Crippen LogP) is 6.82. The van der Waals surface area contributed by atoms with Crippen LogP contribution in [0.25, 0.3) is 0 Å². The van der Waals surface area contributed by atoms with Crippen LogP contribution in [0.5, 0.6) is 0 Å². The Morgan fingerprint density at radius 1 is 0.710 bits per heavy atom. The Morgan fingerprint density at radius 2 is 1.42 bits per heavy atom. The highest BCUT2D eigenvalue weighted by atomic mass is 28.4. The minimum absolute atomic E-state index is 0.00318. The van der Waals surface area contributed by atoms with Gasteiger partial charge in [0.05, 0.1) is 79.7 Å². The average Bonchev–Trinajstić information content (AvgIpc) is 3.79. The number of aldehydes is 1. The Kier molecular flexibility index (Phi) is 11.9. The molecule has 14 heteroatoms. The summed E-state index contributed by atoms with van der Waals surface area (Å²) in [6.07, 6.45) is 4.10. The zero-order valence-electron chi connectivity index (χ0n) is 38.0. The maximum atomic E-state index is 14.3. The van der Waals surface area contributed by atoms with Crippen LogP contribution < -0.4 is 0 Å². The first-order valence-corrected chi connectivity index (χ1v) is 27.0. The van der Waals surface area contributed by atoms with Crippen LogP contribution in [0.15, 0.2) is 24.3 Å². The van der Waals surface area contributed by atoms with E-state index >= 15 is 0 Å². The van der Waals surface area contributed by atoms with Crippen LogP contribution in [0.4, 0.5) is 0 Å². The standard InChI is InChI=1S/C48H72O13Si/c1-24-18-28-10-12-31-25(2)19-30(51-31)14-16-48-23-38-43(59-48)44-45(57-38)46(60-48)42-33(56-44)13-11-29(53-42)20-39(50)58-41-27(4)40-37(54-36(41)21-34(52-28)26(24)3)22-35(32(55-40)15-17-49)61-62(8,9)47(5,6)7/h17,24,27-38,40-46H,2-3,10-16,18-23H2,1,4-9H3/t24-,27+,28+,29-,30+,31+,32-,33+,34-,35-,36+,37+,38+,40+,41-,42+,43+,44+,45?,46+,48+/m1/s1. The van der Waals surface area contributed by atoms with Crippen molar-refractivity contribution in [3.63, 3.8) is 0 Å². The second-order valence-corrected chi connectivity index (χ2v) is 27.0. The molecule has 0 saturated carbocycles. The molecule has 11 saturated heterocycles. The summed E-state index contributed by atoms with van der Waals surface area (Å²) < 4.78 is 75.2. The van der Waals surface area contributed by atoms with Gasteiger partial charge in [0.2, 0.25) is 0 Å². The molecule has 0 amide bonds. The SMILES string of the molecule is C=C1C[C@@H]2CC[C@@]34C[C@@H]5OC6[C@@H](O[C@H]7CC[C@H](CC(=O)O[C@@H]8[C@@H](C)[C@@H]9O[C@H](CC=O)[C@H](O[Si](C)(C)C(C)(C)C)C[C@@H]9O[C@H]8C[C@H]8O[C@@H](CC[C@@H]1O2)C[C@@H](C)C8=C)O[C@@H]7[C@@H]6O3)[C@H]5O4. The summed E-state index contributed by atoms with van der Waals surface area (Å²) >= 11 is 0. The van der Waals surface area contributed by atoms with Gasteiger partial charge in [0.15, 0.2) is 14.1 Å². The second-order valence-electron chi connectivity index (χ2n) is 22.2. The number of ether oxygens (including phenoxy) is 10. The van der Waals surface area contributed by atoms with Gasteiger partial charge in [-0.3, -0.25) is 4.79 Å². The van der Waals surface area contributed by atoms with E-state index in [1.807, 2.05) is 0 Å². The number of carbonyl (C=O) groups excluding carboxylic acids is 2. The summed E-state index contributed by atoms with van der Waals surface area (Å²) in [4.78, 5) is 26.4. The van der Waals surface area contributed by atoms with E-state index in [4.69, 9.17) is 51.8 Å². The fourth-order valence-electron chi connectivity index (χ4n) is 12.5. The molecule has 1 unspecified atom stereocenters. The Bertz CT molecular complexity index is 1730. The van der Waals surface area contributed by atoms with Gasteiger partial charge in [0, 0.05) is 38.0 Å². The van der Waals surface area contributed by atoms with Crippen molar-refractivity contribution in [3.05, 3.63) is 24.3 Å². The number of hydrogen-bond donors (Lipinski definition) is 0. The van der Waals surface area contributed by atoms with Gasteiger partial charge < -0.3 is 56.6 Å². The lowest BCUT2D eigenvalue weighted by Crippen LogP contribution is -2.63. The van der Waals surface area contributed by atoms with E-state index in [-0.39, 0.29) is 109 Å². The second kappa shape index (κ2) is 16.6. The molecule has 0 aliphatic carbocycles. The third kappa shape index (κ3) is 8.08. The van der Waals surface area contributed by atoms with Crippen LogP contribution in [-0.4, -0.2) is 136 Å².